The lowest BCUT2D eigenvalue weighted by molar-refractivity contribution is -0.327. The minimum atomic E-state index is -4.75. The fourth-order valence-electron chi connectivity index (χ4n) is 3.30. The van der Waals surface area contributed by atoms with E-state index in [9.17, 15) is 27.9 Å². The lowest BCUT2D eigenvalue weighted by Gasteiger charge is -2.26. The predicted octanol–water partition coefficient (Wildman–Crippen LogP) is 1.86. The van der Waals surface area contributed by atoms with Gasteiger partial charge in [0, 0.05) is 13.1 Å². The summed E-state index contributed by atoms with van der Waals surface area (Å²) < 4.78 is 47.5. The van der Waals surface area contributed by atoms with Gasteiger partial charge in [-0.3, -0.25) is 9.53 Å². The average molecular weight is 362 g/mol. The molecular formula is C15H17F3N2O5. The summed E-state index contributed by atoms with van der Waals surface area (Å²) in [5.41, 5.74) is 0.532. The van der Waals surface area contributed by atoms with Crippen LogP contribution in [0.5, 0.6) is 0 Å². The molecule has 10 heteroatoms. The number of aromatic nitrogens is 1. The van der Waals surface area contributed by atoms with E-state index in [1.54, 1.807) is 4.57 Å². The number of carboxylic acids is 1. The van der Waals surface area contributed by atoms with Crippen molar-refractivity contribution >= 4 is 11.9 Å². The van der Waals surface area contributed by atoms with Gasteiger partial charge in [0.15, 0.2) is 0 Å². The van der Waals surface area contributed by atoms with Crippen LogP contribution in [0.4, 0.5) is 13.2 Å². The molecule has 1 amide bonds. The van der Waals surface area contributed by atoms with Crippen molar-refractivity contribution in [3.63, 3.8) is 0 Å². The van der Waals surface area contributed by atoms with Crippen LogP contribution < -0.4 is 0 Å². The van der Waals surface area contributed by atoms with Gasteiger partial charge in [-0.05, 0) is 18.9 Å². The van der Waals surface area contributed by atoms with Gasteiger partial charge in [0.1, 0.15) is 5.69 Å². The molecule has 0 saturated carbocycles. The Morgan fingerprint density at radius 1 is 1.36 bits per heavy atom. The molecule has 0 radical (unpaired) electrons. The third kappa shape index (κ3) is 3.64. The highest BCUT2D eigenvalue weighted by Crippen LogP contribution is 2.27. The van der Waals surface area contributed by atoms with Gasteiger partial charge < -0.3 is 19.3 Å². The Morgan fingerprint density at radius 2 is 2.12 bits per heavy atom. The first kappa shape index (κ1) is 17.7. The van der Waals surface area contributed by atoms with Crippen molar-refractivity contribution in [3.8, 4) is 0 Å². The summed E-state index contributed by atoms with van der Waals surface area (Å²) in [6, 6.07) is 0.586. The number of ether oxygens (including phenoxy) is 2. The zero-order chi connectivity index (χ0) is 18.2. The Kier molecular flexibility index (Phi) is 4.74. The predicted molar refractivity (Wildman–Crippen MR) is 77.1 cm³/mol. The second-order valence-corrected chi connectivity index (χ2v) is 5.95. The Hall–Kier alpha value is -2.07. The molecule has 1 fully saturated rings. The van der Waals surface area contributed by atoms with Crippen molar-refractivity contribution in [3.05, 3.63) is 23.0 Å². The van der Waals surface area contributed by atoms with Crippen molar-refractivity contribution in [2.75, 3.05) is 19.8 Å². The van der Waals surface area contributed by atoms with Gasteiger partial charge >= 0.3 is 12.3 Å². The number of aromatic carboxylic acids is 1. The van der Waals surface area contributed by atoms with Crippen LogP contribution in [0.15, 0.2) is 6.07 Å². The fourth-order valence-corrected chi connectivity index (χ4v) is 3.30. The molecule has 0 aromatic carbocycles. The number of amides is 1. The van der Waals surface area contributed by atoms with E-state index in [1.807, 2.05) is 0 Å². The lowest BCUT2D eigenvalue weighted by atomic mass is 10.2. The number of rotatable bonds is 4. The van der Waals surface area contributed by atoms with E-state index >= 15 is 0 Å². The van der Waals surface area contributed by atoms with Gasteiger partial charge in [-0.1, -0.05) is 0 Å². The van der Waals surface area contributed by atoms with Crippen LogP contribution in [-0.4, -0.2) is 58.6 Å². The van der Waals surface area contributed by atoms with Gasteiger partial charge in [0.05, 0.1) is 37.1 Å². The van der Waals surface area contributed by atoms with Crippen LogP contribution in [-0.2, 0) is 22.6 Å². The molecule has 25 heavy (non-hydrogen) atoms. The number of likely N-dealkylation sites (tertiary alicyclic amines) is 1. The van der Waals surface area contributed by atoms with Crippen molar-refractivity contribution < 1.29 is 37.3 Å². The molecular weight excluding hydrogens is 345 g/mol. The Morgan fingerprint density at radius 3 is 2.80 bits per heavy atom. The number of nitrogens with zero attached hydrogens (tertiary/aromatic N) is 2. The number of carbonyl (C=O) groups excluding carboxylic acids is 1. The lowest BCUT2D eigenvalue weighted by Crippen LogP contribution is -2.40. The highest BCUT2D eigenvalue weighted by molar-refractivity contribution is 5.98. The summed E-state index contributed by atoms with van der Waals surface area (Å²) in [7, 11) is 0. The number of carboxylic acid groups (broad SMARTS) is 1. The van der Waals surface area contributed by atoms with E-state index in [1.165, 1.54) is 11.0 Å². The van der Waals surface area contributed by atoms with E-state index in [2.05, 4.69) is 4.74 Å². The van der Waals surface area contributed by atoms with Crippen LogP contribution in [0.1, 0.15) is 39.4 Å². The third-order valence-electron chi connectivity index (χ3n) is 4.43. The molecule has 0 bridgehead atoms. The summed E-state index contributed by atoms with van der Waals surface area (Å²) in [4.78, 5) is 25.5. The number of halogens is 3. The summed E-state index contributed by atoms with van der Waals surface area (Å²) in [5.74, 6) is -1.66. The highest BCUT2D eigenvalue weighted by atomic mass is 19.4. The quantitative estimate of drug-likeness (QED) is 0.884. The Bertz CT molecular complexity index is 685. The SMILES string of the molecule is O=C(O)c1cc(C(=O)N2CCCC2COC(F)(F)F)n2c1COCC2. The van der Waals surface area contributed by atoms with Crippen LogP contribution in [0.2, 0.25) is 0 Å². The van der Waals surface area contributed by atoms with Gasteiger partial charge in [0.2, 0.25) is 0 Å². The highest BCUT2D eigenvalue weighted by Gasteiger charge is 2.37. The molecule has 1 aromatic rings. The second-order valence-electron chi connectivity index (χ2n) is 5.95. The number of hydrogen-bond donors (Lipinski definition) is 1. The zero-order valence-corrected chi connectivity index (χ0v) is 13.2. The van der Waals surface area contributed by atoms with E-state index in [4.69, 9.17) is 4.74 Å². The van der Waals surface area contributed by atoms with E-state index in [-0.39, 0.29) is 17.9 Å². The van der Waals surface area contributed by atoms with Crippen LogP contribution >= 0.6 is 0 Å². The topological polar surface area (TPSA) is 81.0 Å². The molecule has 0 aliphatic carbocycles. The molecule has 1 atom stereocenters. The Balaban J connectivity index is 1.84. The summed E-state index contributed by atoms with van der Waals surface area (Å²) in [6.07, 6.45) is -3.77. The number of fused-ring (bicyclic) bond motifs is 1. The molecule has 7 nitrogen and oxygen atoms in total. The normalized spacial score (nSPS) is 20.6. The van der Waals surface area contributed by atoms with Crippen LogP contribution in [0.25, 0.3) is 0 Å². The summed E-state index contributed by atoms with van der Waals surface area (Å²) in [5, 5.41) is 9.29. The molecule has 2 aliphatic rings. The maximum Gasteiger partial charge on any atom is 0.522 e. The van der Waals surface area contributed by atoms with Crippen molar-refractivity contribution in [2.45, 2.75) is 38.4 Å². The van der Waals surface area contributed by atoms with Gasteiger partial charge in [-0.15, -0.1) is 13.2 Å². The van der Waals surface area contributed by atoms with Gasteiger partial charge in [0.25, 0.3) is 5.91 Å². The van der Waals surface area contributed by atoms with E-state index < -0.39 is 30.9 Å². The first-order valence-corrected chi connectivity index (χ1v) is 7.83. The maximum atomic E-state index is 12.8. The standard InChI is InChI=1S/C15H17F3N2O5/c16-15(17,18)25-7-9-2-1-3-19(9)13(21)11-6-10(14(22)23)12-8-24-5-4-20(11)12/h6,9H,1-5,7-8H2,(H,22,23). The molecule has 1 unspecified atom stereocenters. The van der Waals surface area contributed by atoms with Gasteiger partial charge in [-0.2, -0.15) is 0 Å². The Labute approximate surface area is 140 Å². The smallest absolute Gasteiger partial charge is 0.478 e. The first-order valence-electron chi connectivity index (χ1n) is 7.83. The first-order chi connectivity index (χ1) is 11.8. The summed E-state index contributed by atoms with van der Waals surface area (Å²) in [6.45, 7) is 0.417. The average Bonchev–Trinajstić information content (AvgIpc) is 3.16. The van der Waals surface area contributed by atoms with Crippen molar-refractivity contribution in [2.24, 2.45) is 0 Å². The molecule has 1 N–H and O–H groups in total. The van der Waals surface area contributed by atoms with Gasteiger partial charge in [-0.25, -0.2) is 4.79 Å². The largest absolute Gasteiger partial charge is 0.522 e. The fraction of sp³-hybridized carbons (Fsp3) is 0.600. The molecule has 138 valence electrons. The van der Waals surface area contributed by atoms with E-state index in [0.29, 0.717) is 38.2 Å². The molecule has 3 heterocycles. The molecule has 0 spiro atoms. The zero-order valence-electron chi connectivity index (χ0n) is 13.2. The number of alkyl halides is 3. The van der Waals surface area contributed by atoms with E-state index in [0.717, 1.165) is 0 Å². The van der Waals surface area contributed by atoms with Crippen molar-refractivity contribution in [1.82, 2.24) is 9.47 Å². The molecule has 2 aliphatic heterocycles. The minimum Gasteiger partial charge on any atom is -0.478 e. The van der Waals surface area contributed by atoms with Crippen LogP contribution in [0, 0.1) is 0 Å². The molecule has 1 saturated heterocycles. The summed E-state index contributed by atoms with van der Waals surface area (Å²) >= 11 is 0. The van der Waals surface area contributed by atoms with Crippen LogP contribution in [0.3, 0.4) is 0 Å². The number of hydrogen-bond acceptors (Lipinski definition) is 4. The second kappa shape index (κ2) is 6.68. The minimum absolute atomic E-state index is 0.0228. The molecule has 1 aromatic heterocycles. The monoisotopic (exact) mass is 362 g/mol. The number of carbonyl (C=O) groups is 2. The maximum absolute atomic E-state index is 12.8. The third-order valence-corrected chi connectivity index (χ3v) is 4.43. The van der Waals surface area contributed by atoms with Crippen molar-refractivity contribution in [1.29, 1.82) is 0 Å². The molecule has 3 rings (SSSR count).